The Kier molecular flexibility index (Phi) is 6.05. The molecule has 5 heteroatoms. The quantitative estimate of drug-likeness (QED) is 0.744. The SMILES string of the molecule is O=C(CCN1CC[C@@]2(CCCN(CCC3CCCCC3)C2=O)C1)NC1CC1. The summed E-state index contributed by atoms with van der Waals surface area (Å²) in [5.74, 6) is 1.44. The fourth-order valence-corrected chi connectivity index (χ4v) is 5.49. The predicted molar refractivity (Wildman–Crippen MR) is 106 cm³/mol. The van der Waals surface area contributed by atoms with Gasteiger partial charge in [0.05, 0.1) is 5.41 Å². The third-order valence-corrected chi connectivity index (χ3v) is 7.39. The van der Waals surface area contributed by atoms with Crippen LogP contribution in [-0.2, 0) is 9.59 Å². The molecule has 4 rings (SSSR count). The maximum absolute atomic E-state index is 13.3. The van der Waals surface area contributed by atoms with Crippen LogP contribution in [0.15, 0.2) is 0 Å². The van der Waals surface area contributed by atoms with Crippen molar-refractivity contribution >= 4 is 11.8 Å². The van der Waals surface area contributed by atoms with Crippen LogP contribution < -0.4 is 5.32 Å². The molecule has 4 fully saturated rings. The second kappa shape index (κ2) is 8.50. The van der Waals surface area contributed by atoms with Crippen LogP contribution in [0.5, 0.6) is 0 Å². The van der Waals surface area contributed by atoms with E-state index >= 15 is 0 Å². The van der Waals surface area contributed by atoms with Crippen LogP contribution in [0.4, 0.5) is 0 Å². The molecule has 5 nitrogen and oxygen atoms in total. The van der Waals surface area contributed by atoms with Gasteiger partial charge in [-0.2, -0.15) is 0 Å². The highest BCUT2D eigenvalue weighted by Gasteiger charge is 2.48. The number of hydrogen-bond donors (Lipinski definition) is 1. The van der Waals surface area contributed by atoms with Crippen molar-refractivity contribution in [2.24, 2.45) is 11.3 Å². The summed E-state index contributed by atoms with van der Waals surface area (Å²) < 4.78 is 0. The Labute approximate surface area is 164 Å². The van der Waals surface area contributed by atoms with Crippen LogP contribution in [-0.4, -0.2) is 60.4 Å². The van der Waals surface area contributed by atoms with E-state index in [2.05, 4.69) is 15.1 Å². The van der Waals surface area contributed by atoms with Crippen molar-refractivity contribution in [1.82, 2.24) is 15.1 Å². The first-order valence-electron chi connectivity index (χ1n) is 11.5. The Morgan fingerprint density at radius 2 is 1.81 bits per heavy atom. The summed E-state index contributed by atoms with van der Waals surface area (Å²) in [5, 5.41) is 3.07. The summed E-state index contributed by atoms with van der Waals surface area (Å²) in [4.78, 5) is 29.8. The highest BCUT2D eigenvalue weighted by molar-refractivity contribution is 5.84. The lowest BCUT2D eigenvalue weighted by atomic mass is 9.78. The minimum Gasteiger partial charge on any atom is -0.353 e. The summed E-state index contributed by atoms with van der Waals surface area (Å²) in [7, 11) is 0. The van der Waals surface area contributed by atoms with Gasteiger partial charge in [0.15, 0.2) is 0 Å². The van der Waals surface area contributed by atoms with Crippen molar-refractivity contribution in [1.29, 1.82) is 0 Å². The van der Waals surface area contributed by atoms with Crippen LogP contribution in [0.3, 0.4) is 0 Å². The van der Waals surface area contributed by atoms with Gasteiger partial charge in [0.25, 0.3) is 0 Å². The van der Waals surface area contributed by atoms with E-state index in [-0.39, 0.29) is 11.3 Å². The lowest BCUT2D eigenvalue weighted by Crippen LogP contribution is -2.50. The van der Waals surface area contributed by atoms with Crippen molar-refractivity contribution in [3.05, 3.63) is 0 Å². The van der Waals surface area contributed by atoms with E-state index in [1.54, 1.807) is 0 Å². The fraction of sp³-hybridized carbons (Fsp3) is 0.909. The van der Waals surface area contributed by atoms with E-state index in [0.29, 0.717) is 18.4 Å². The van der Waals surface area contributed by atoms with Crippen LogP contribution in [0.1, 0.15) is 77.0 Å². The number of nitrogens with zero attached hydrogens (tertiary/aromatic N) is 2. The summed E-state index contributed by atoms with van der Waals surface area (Å²) >= 11 is 0. The smallest absolute Gasteiger partial charge is 0.230 e. The van der Waals surface area contributed by atoms with Gasteiger partial charge in [0, 0.05) is 38.6 Å². The van der Waals surface area contributed by atoms with Crippen molar-refractivity contribution in [2.75, 3.05) is 32.7 Å². The van der Waals surface area contributed by atoms with Crippen molar-refractivity contribution < 1.29 is 9.59 Å². The number of hydrogen-bond acceptors (Lipinski definition) is 3. The van der Waals surface area contributed by atoms with E-state index in [1.165, 1.54) is 38.5 Å². The second-order valence-corrected chi connectivity index (χ2v) is 9.59. The molecule has 152 valence electrons. The van der Waals surface area contributed by atoms with Crippen LogP contribution >= 0.6 is 0 Å². The summed E-state index contributed by atoms with van der Waals surface area (Å²) in [6.07, 6.45) is 14.1. The molecule has 0 radical (unpaired) electrons. The third-order valence-electron chi connectivity index (χ3n) is 7.39. The average Bonchev–Trinajstić information content (AvgIpc) is 3.40. The van der Waals surface area contributed by atoms with Gasteiger partial charge < -0.3 is 15.1 Å². The Morgan fingerprint density at radius 3 is 2.59 bits per heavy atom. The van der Waals surface area contributed by atoms with E-state index in [0.717, 1.165) is 70.7 Å². The molecule has 2 aliphatic heterocycles. The molecule has 27 heavy (non-hydrogen) atoms. The number of carbonyl (C=O) groups excluding carboxylic acids is 2. The number of amides is 2. The van der Waals surface area contributed by atoms with Gasteiger partial charge in [0.2, 0.25) is 11.8 Å². The predicted octanol–water partition coefficient (Wildman–Crippen LogP) is 2.94. The molecule has 2 saturated heterocycles. The first kappa shape index (κ1) is 19.2. The molecule has 4 aliphatic rings. The molecule has 0 bridgehead atoms. The lowest BCUT2D eigenvalue weighted by molar-refractivity contribution is -0.145. The monoisotopic (exact) mass is 375 g/mol. The molecule has 0 aromatic heterocycles. The van der Waals surface area contributed by atoms with E-state index < -0.39 is 0 Å². The molecule has 2 amide bonds. The molecule has 0 unspecified atom stereocenters. The summed E-state index contributed by atoms with van der Waals surface area (Å²) in [5.41, 5.74) is -0.155. The molecule has 2 heterocycles. The number of carbonyl (C=O) groups is 2. The van der Waals surface area contributed by atoms with Crippen molar-refractivity contribution in [3.8, 4) is 0 Å². The van der Waals surface area contributed by atoms with Gasteiger partial charge in [-0.1, -0.05) is 32.1 Å². The Balaban J connectivity index is 1.24. The molecule has 0 aromatic carbocycles. The maximum Gasteiger partial charge on any atom is 0.230 e. The number of rotatable bonds is 7. The number of piperidine rings is 1. The molecule has 1 atom stereocenters. The number of likely N-dealkylation sites (tertiary alicyclic amines) is 2. The Morgan fingerprint density at radius 1 is 1.00 bits per heavy atom. The highest BCUT2D eigenvalue weighted by atomic mass is 16.2. The zero-order valence-corrected chi connectivity index (χ0v) is 16.9. The van der Waals surface area contributed by atoms with E-state index in [4.69, 9.17) is 0 Å². The molecule has 1 spiro atoms. The lowest BCUT2D eigenvalue weighted by Gasteiger charge is -2.40. The first-order valence-corrected chi connectivity index (χ1v) is 11.5. The first-order chi connectivity index (χ1) is 13.1. The molecule has 0 aromatic rings. The minimum atomic E-state index is -0.155. The average molecular weight is 376 g/mol. The molecule has 2 aliphatic carbocycles. The zero-order chi connectivity index (χ0) is 18.7. The van der Waals surface area contributed by atoms with E-state index in [1.807, 2.05) is 0 Å². The highest BCUT2D eigenvalue weighted by Crippen LogP contribution is 2.40. The minimum absolute atomic E-state index is 0.155. The maximum atomic E-state index is 13.3. The van der Waals surface area contributed by atoms with Gasteiger partial charge >= 0.3 is 0 Å². The molecule has 1 N–H and O–H groups in total. The largest absolute Gasteiger partial charge is 0.353 e. The molecular formula is C22H37N3O2. The van der Waals surface area contributed by atoms with Crippen LogP contribution in [0.2, 0.25) is 0 Å². The Hall–Kier alpha value is -1.10. The van der Waals surface area contributed by atoms with Gasteiger partial charge in [-0.3, -0.25) is 9.59 Å². The summed E-state index contributed by atoms with van der Waals surface area (Å²) in [6, 6.07) is 0.445. The Bertz CT molecular complexity index is 542. The molecular weight excluding hydrogens is 338 g/mol. The summed E-state index contributed by atoms with van der Waals surface area (Å²) in [6.45, 7) is 4.56. The zero-order valence-electron chi connectivity index (χ0n) is 16.9. The van der Waals surface area contributed by atoms with Gasteiger partial charge in [-0.15, -0.1) is 0 Å². The standard InChI is InChI=1S/C22H37N3O2/c26-20(23-19-7-8-19)10-14-24-16-12-22(17-24)11-4-13-25(21(22)27)15-9-18-5-2-1-3-6-18/h18-19H,1-17H2,(H,23,26)/t22-/m0/s1. The topological polar surface area (TPSA) is 52.7 Å². The van der Waals surface area contributed by atoms with Gasteiger partial charge in [-0.25, -0.2) is 0 Å². The van der Waals surface area contributed by atoms with Gasteiger partial charge in [0.1, 0.15) is 0 Å². The van der Waals surface area contributed by atoms with Gasteiger partial charge in [-0.05, 0) is 51.0 Å². The van der Waals surface area contributed by atoms with Crippen molar-refractivity contribution in [2.45, 2.75) is 83.1 Å². The van der Waals surface area contributed by atoms with Crippen LogP contribution in [0, 0.1) is 11.3 Å². The van der Waals surface area contributed by atoms with Crippen molar-refractivity contribution in [3.63, 3.8) is 0 Å². The van der Waals surface area contributed by atoms with Crippen LogP contribution in [0.25, 0.3) is 0 Å². The third kappa shape index (κ3) is 4.85. The van der Waals surface area contributed by atoms with E-state index in [9.17, 15) is 9.59 Å². The normalized spacial score (nSPS) is 30.2. The molecule has 2 saturated carbocycles. The fourth-order valence-electron chi connectivity index (χ4n) is 5.49. The second-order valence-electron chi connectivity index (χ2n) is 9.59. The number of nitrogens with one attached hydrogen (secondary N) is 1.